The molecule has 18 heavy (non-hydrogen) atoms. The van der Waals surface area contributed by atoms with Crippen LogP contribution >= 0.6 is 11.8 Å². The van der Waals surface area contributed by atoms with Crippen LogP contribution < -0.4 is 15.8 Å². The number of nitrogens with one attached hydrogen (secondary N) is 1. The molecule has 0 radical (unpaired) electrons. The van der Waals surface area contributed by atoms with Crippen LogP contribution in [0.25, 0.3) is 0 Å². The molecule has 1 rings (SSSR count). The smallest absolute Gasteiger partial charge is 0.167 e. The Morgan fingerprint density at radius 3 is 2.78 bits per heavy atom. The lowest BCUT2D eigenvalue weighted by Crippen LogP contribution is -2.19. The van der Waals surface area contributed by atoms with Gasteiger partial charge in [0.15, 0.2) is 11.6 Å². The van der Waals surface area contributed by atoms with Crippen LogP contribution in [0.2, 0.25) is 0 Å². The molecule has 0 heterocycles. The van der Waals surface area contributed by atoms with E-state index < -0.39 is 5.82 Å². The highest BCUT2D eigenvalue weighted by Crippen LogP contribution is 2.29. The van der Waals surface area contributed by atoms with E-state index in [4.69, 9.17) is 10.5 Å². The summed E-state index contributed by atoms with van der Waals surface area (Å²) < 4.78 is 18.7. The number of halogens is 1. The van der Waals surface area contributed by atoms with Crippen LogP contribution in [0.1, 0.15) is 20.8 Å². The van der Waals surface area contributed by atoms with Crippen molar-refractivity contribution < 1.29 is 9.13 Å². The van der Waals surface area contributed by atoms with Crippen molar-refractivity contribution >= 4 is 23.1 Å². The predicted molar refractivity (Wildman–Crippen MR) is 78.1 cm³/mol. The quantitative estimate of drug-likeness (QED) is 0.747. The van der Waals surface area contributed by atoms with Gasteiger partial charge in [-0.2, -0.15) is 11.8 Å². The number of nitrogen functional groups attached to an aromatic ring is 1. The fourth-order valence-electron chi connectivity index (χ4n) is 1.56. The minimum Gasteiger partial charge on any atom is -0.491 e. The van der Waals surface area contributed by atoms with E-state index >= 15 is 0 Å². The average Bonchev–Trinajstić information content (AvgIpc) is 2.33. The largest absolute Gasteiger partial charge is 0.491 e. The maximum Gasteiger partial charge on any atom is 0.167 e. The molecule has 102 valence electrons. The van der Waals surface area contributed by atoms with Crippen molar-refractivity contribution in [3.05, 3.63) is 17.9 Å². The summed E-state index contributed by atoms with van der Waals surface area (Å²) in [5.41, 5.74) is 6.93. The highest BCUT2D eigenvalue weighted by atomic mass is 32.2. The Kier molecular flexibility index (Phi) is 6.12. The second-order valence-corrected chi connectivity index (χ2v) is 5.33. The standard InChI is InChI=1S/C13H21FN2OS/c1-4-17-13-7-12(11(15)6-10(13)14)16-9(3)8-18-5-2/h6-7,9,16H,4-5,8,15H2,1-3H3. The summed E-state index contributed by atoms with van der Waals surface area (Å²) in [4.78, 5) is 0. The first-order valence-corrected chi connectivity index (χ1v) is 7.30. The Balaban J connectivity index is 2.78. The van der Waals surface area contributed by atoms with Crippen molar-refractivity contribution in [1.29, 1.82) is 0 Å². The van der Waals surface area contributed by atoms with Gasteiger partial charge in [0, 0.05) is 23.9 Å². The van der Waals surface area contributed by atoms with Gasteiger partial charge < -0.3 is 15.8 Å². The van der Waals surface area contributed by atoms with Crippen molar-refractivity contribution in [2.75, 3.05) is 29.2 Å². The molecule has 0 aliphatic carbocycles. The van der Waals surface area contributed by atoms with E-state index in [1.165, 1.54) is 6.07 Å². The fourth-order valence-corrected chi connectivity index (χ4v) is 2.23. The normalized spacial score (nSPS) is 12.2. The van der Waals surface area contributed by atoms with E-state index in [-0.39, 0.29) is 11.8 Å². The Bertz CT molecular complexity index is 387. The first-order valence-electron chi connectivity index (χ1n) is 6.14. The van der Waals surface area contributed by atoms with E-state index in [0.717, 1.165) is 17.2 Å². The van der Waals surface area contributed by atoms with Crippen LogP contribution in [-0.4, -0.2) is 24.2 Å². The lowest BCUT2D eigenvalue weighted by atomic mass is 10.2. The molecule has 5 heteroatoms. The molecule has 0 amide bonds. The van der Waals surface area contributed by atoms with Crippen molar-refractivity contribution in [3.63, 3.8) is 0 Å². The van der Waals surface area contributed by atoms with Gasteiger partial charge >= 0.3 is 0 Å². The van der Waals surface area contributed by atoms with Gasteiger partial charge in [0.2, 0.25) is 0 Å². The molecule has 1 unspecified atom stereocenters. The van der Waals surface area contributed by atoms with Crippen molar-refractivity contribution in [1.82, 2.24) is 0 Å². The summed E-state index contributed by atoms with van der Waals surface area (Å²) in [5.74, 6) is 1.88. The molecule has 0 saturated heterocycles. The number of hydrogen-bond acceptors (Lipinski definition) is 4. The Morgan fingerprint density at radius 1 is 1.44 bits per heavy atom. The molecule has 1 atom stereocenters. The molecule has 3 nitrogen and oxygen atoms in total. The molecule has 0 bridgehead atoms. The third kappa shape index (κ3) is 4.29. The predicted octanol–water partition coefficient (Wildman–Crippen LogP) is 3.36. The molecule has 0 aliphatic rings. The average molecular weight is 272 g/mol. The summed E-state index contributed by atoms with van der Waals surface area (Å²) in [5, 5.41) is 3.28. The Morgan fingerprint density at radius 2 is 2.17 bits per heavy atom. The van der Waals surface area contributed by atoms with E-state index in [2.05, 4.69) is 19.2 Å². The van der Waals surface area contributed by atoms with Crippen molar-refractivity contribution in [3.8, 4) is 5.75 Å². The van der Waals surface area contributed by atoms with E-state index in [0.29, 0.717) is 12.3 Å². The van der Waals surface area contributed by atoms with E-state index in [1.807, 2.05) is 18.7 Å². The van der Waals surface area contributed by atoms with Crippen LogP contribution in [0, 0.1) is 5.82 Å². The first kappa shape index (κ1) is 15.0. The summed E-state index contributed by atoms with van der Waals surface area (Å²) in [6.07, 6.45) is 0. The van der Waals surface area contributed by atoms with Gasteiger partial charge in [-0.1, -0.05) is 6.92 Å². The van der Waals surface area contributed by atoms with Gasteiger partial charge in [0.1, 0.15) is 0 Å². The highest BCUT2D eigenvalue weighted by Gasteiger charge is 2.10. The third-order valence-corrected chi connectivity index (χ3v) is 3.52. The number of ether oxygens (including phenoxy) is 1. The molecule has 0 fully saturated rings. The van der Waals surface area contributed by atoms with Gasteiger partial charge in [-0.15, -0.1) is 0 Å². The third-order valence-electron chi connectivity index (χ3n) is 2.38. The lowest BCUT2D eigenvalue weighted by Gasteiger charge is -2.17. The molecule has 1 aromatic rings. The molecule has 0 aromatic heterocycles. The highest BCUT2D eigenvalue weighted by molar-refractivity contribution is 7.99. The summed E-state index contributed by atoms with van der Waals surface area (Å²) >= 11 is 1.85. The van der Waals surface area contributed by atoms with Gasteiger partial charge in [-0.3, -0.25) is 0 Å². The topological polar surface area (TPSA) is 47.3 Å². The zero-order valence-corrected chi connectivity index (χ0v) is 11.9. The maximum absolute atomic E-state index is 13.5. The van der Waals surface area contributed by atoms with Crippen LogP contribution in [0.4, 0.5) is 15.8 Å². The summed E-state index contributed by atoms with van der Waals surface area (Å²) in [7, 11) is 0. The van der Waals surface area contributed by atoms with Crippen molar-refractivity contribution in [2.24, 2.45) is 0 Å². The second-order valence-electron chi connectivity index (χ2n) is 4.01. The van der Waals surface area contributed by atoms with Gasteiger partial charge in [-0.05, 0) is 19.6 Å². The number of thioether (sulfide) groups is 1. The molecule has 1 aromatic carbocycles. The maximum atomic E-state index is 13.5. The number of benzene rings is 1. The zero-order valence-electron chi connectivity index (χ0n) is 11.1. The molecule has 0 saturated carbocycles. The van der Waals surface area contributed by atoms with Crippen LogP contribution in [0.5, 0.6) is 5.75 Å². The van der Waals surface area contributed by atoms with E-state index in [9.17, 15) is 4.39 Å². The zero-order chi connectivity index (χ0) is 13.5. The molecule has 0 spiro atoms. The minimum absolute atomic E-state index is 0.240. The monoisotopic (exact) mass is 272 g/mol. The second kappa shape index (κ2) is 7.36. The molecule has 0 aliphatic heterocycles. The summed E-state index contributed by atoms with van der Waals surface area (Å²) in [6.45, 7) is 6.45. The summed E-state index contributed by atoms with van der Waals surface area (Å²) in [6, 6.07) is 3.20. The number of nitrogens with two attached hydrogens (primary N) is 1. The van der Waals surface area contributed by atoms with Gasteiger partial charge in [-0.25, -0.2) is 4.39 Å². The Labute approximate surface area is 112 Å². The Hall–Kier alpha value is -1.10. The fraction of sp³-hybridized carbons (Fsp3) is 0.538. The van der Waals surface area contributed by atoms with Crippen LogP contribution in [0.3, 0.4) is 0 Å². The van der Waals surface area contributed by atoms with Gasteiger partial charge in [0.25, 0.3) is 0 Å². The van der Waals surface area contributed by atoms with Crippen LogP contribution in [-0.2, 0) is 0 Å². The minimum atomic E-state index is -0.421. The first-order chi connectivity index (χ1) is 8.58. The number of rotatable bonds is 7. The molecular formula is C13H21FN2OS. The molecule has 3 N–H and O–H groups in total. The van der Waals surface area contributed by atoms with Crippen LogP contribution in [0.15, 0.2) is 12.1 Å². The number of anilines is 2. The lowest BCUT2D eigenvalue weighted by molar-refractivity contribution is 0.322. The molecular weight excluding hydrogens is 251 g/mol. The number of hydrogen-bond donors (Lipinski definition) is 2. The van der Waals surface area contributed by atoms with E-state index in [1.54, 1.807) is 6.07 Å². The van der Waals surface area contributed by atoms with Crippen molar-refractivity contribution in [2.45, 2.75) is 26.8 Å². The van der Waals surface area contributed by atoms with Gasteiger partial charge in [0.05, 0.1) is 18.0 Å². The SMILES string of the molecule is CCOc1cc(NC(C)CSCC)c(N)cc1F.